The van der Waals surface area contributed by atoms with Gasteiger partial charge in [-0.1, -0.05) is 26.0 Å². The van der Waals surface area contributed by atoms with Crippen molar-refractivity contribution in [2.45, 2.75) is 70.9 Å². The van der Waals surface area contributed by atoms with Crippen molar-refractivity contribution in [2.24, 2.45) is 11.8 Å². The molecule has 0 spiro atoms. The lowest BCUT2D eigenvalue weighted by Gasteiger charge is -2.29. The van der Waals surface area contributed by atoms with Gasteiger partial charge in [-0.25, -0.2) is 13.6 Å². The largest absolute Gasteiger partial charge is 0.457 e. The number of rotatable bonds is 4. The van der Waals surface area contributed by atoms with Crippen molar-refractivity contribution in [3.63, 3.8) is 0 Å². The van der Waals surface area contributed by atoms with E-state index in [1.54, 1.807) is 12.2 Å². The Morgan fingerprint density at radius 1 is 1.10 bits per heavy atom. The molecule has 2 fully saturated rings. The number of aliphatic hydroxyl groups excluding tert-OH is 1. The van der Waals surface area contributed by atoms with E-state index in [0.29, 0.717) is 63.2 Å². The van der Waals surface area contributed by atoms with E-state index in [2.05, 4.69) is 4.90 Å². The third-order valence-corrected chi connectivity index (χ3v) is 8.01. The summed E-state index contributed by atoms with van der Waals surface area (Å²) >= 11 is 0. The van der Waals surface area contributed by atoms with Crippen LogP contribution < -0.4 is 4.90 Å². The molecule has 3 heterocycles. The van der Waals surface area contributed by atoms with Gasteiger partial charge in [-0.05, 0) is 67.5 Å². The number of amides is 1. The molecule has 10 heteroatoms. The lowest BCUT2D eigenvalue weighted by Crippen LogP contribution is -2.36. The van der Waals surface area contributed by atoms with Crippen molar-refractivity contribution >= 4 is 23.8 Å². The lowest BCUT2D eigenvalue weighted by molar-refractivity contribution is -0.151. The summed E-state index contributed by atoms with van der Waals surface area (Å²) in [4.78, 5) is 29.0. The molecule has 1 N–H and O–H groups in total. The Balaban J connectivity index is 1.57. The molecule has 3 aliphatic rings. The summed E-state index contributed by atoms with van der Waals surface area (Å²) in [6, 6.07) is 4.84. The molecule has 2 saturated heterocycles. The van der Waals surface area contributed by atoms with Gasteiger partial charge in [0, 0.05) is 31.2 Å². The van der Waals surface area contributed by atoms with Crippen LogP contribution in [0.4, 0.5) is 19.3 Å². The maximum Gasteiger partial charge on any atom is 0.410 e. The highest BCUT2D eigenvalue weighted by Crippen LogP contribution is 2.28. The molecule has 0 radical (unpaired) electrons. The number of cyclic esters (lactones) is 1. The molecule has 1 aromatic rings. The van der Waals surface area contributed by atoms with Crippen molar-refractivity contribution in [1.82, 2.24) is 4.90 Å². The fourth-order valence-electron chi connectivity index (χ4n) is 5.55. The molecule has 0 bridgehead atoms. The minimum atomic E-state index is -1.05. The third kappa shape index (κ3) is 8.75. The van der Waals surface area contributed by atoms with Gasteiger partial charge in [0.05, 0.1) is 32.3 Å². The van der Waals surface area contributed by atoms with Crippen LogP contribution in [-0.2, 0) is 19.0 Å². The van der Waals surface area contributed by atoms with Crippen molar-refractivity contribution in [3.05, 3.63) is 47.3 Å². The summed E-state index contributed by atoms with van der Waals surface area (Å²) < 4.78 is 45.3. The van der Waals surface area contributed by atoms with E-state index in [4.69, 9.17) is 14.2 Å². The van der Waals surface area contributed by atoms with Crippen LogP contribution in [0.1, 0.15) is 52.0 Å². The van der Waals surface area contributed by atoms with E-state index < -0.39 is 36.5 Å². The predicted octanol–water partition coefficient (Wildman–Crippen LogP) is 4.90. The average molecular weight is 577 g/mol. The molecular weight excluding hydrogens is 534 g/mol. The standard InChI is InChI=1S/C31H42F2N2O6/c1-20-4-6-27(36)18-29(37)41-30(21(2)5-7-28(20)40-31(38)35-9-8-24(32)19-35)22(3)14-23-15-25(33)17-26(16-23)34-10-12-39-13-11-34/h5,7,14-17,20-21,24,27-28,30,36H,4,6,8-13,18-19H2,1-3H3/b7-5+,22-14+/t20-,21-,24+,27+,28-,30-/m0/s1. The molecule has 1 amide bonds. The van der Waals surface area contributed by atoms with Crippen LogP contribution >= 0.6 is 0 Å². The Morgan fingerprint density at radius 2 is 1.85 bits per heavy atom. The van der Waals surface area contributed by atoms with E-state index in [0.717, 1.165) is 5.69 Å². The highest BCUT2D eigenvalue weighted by atomic mass is 19.1. The molecular formula is C31H42F2N2O6. The molecule has 0 unspecified atom stereocenters. The van der Waals surface area contributed by atoms with Crippen LogP contribution in [0.2, 0.25) is 0 Å². The number of alkyl halides is 1. The molecule has 41 heavy (non-hydrogen) atoms. The number of hydrogen-bond donors (Lipinski definition) is 1. The summed E-state index contributed by atoms with van der Waals surface area (Å²) in [5.41, 5.74) is 2.10. The Hall–Kier alpha value is -2.98. The zero-order chi connectivity index (χ0) is 29.5. The van der Waals surface area contributed by atoms with Crippen LogP contribution in [-0.4, -0.2) is 85.9 Å². The van der Waals surface area contributed by atoms with Gasteiger partial charge in [0.15, 0.2) is 0 Å². The molecule has 1 aromatic carbocycles. The number of halogens is 2. The fraction of sp³-hybridized carbons (Fsp3) is 0.613. The number of nitrogens with zero attached hydrogens (tertiary/aromatic N) is 2. The average Bonchev–Trinajstić information content (AvgIpc) is 3.38. The van der Waals surface area contributed by atoms with Crippen molar-refractivity contribution < 1.29 is 37.7 Å². The molecule has 226 valence electrons. The zero-order valence-corrected chi connectivity index (χ0v) is 24.1. The number of hydrogen-bond acceptors (Lipinski definition) is 7. The molecule has 0 aliphatic carbocycles. The first-order valence-corrected chi connectivity index (χ1v) is 14.6. The number of morpholine rings is 1. The Bertz CT molecular complexity index is 1120. The summed E-state index contributed by atoms with van der Waals surface area (Å²) in [6.45, 7) is 8.48. The first-order valence-electron chi connectivity index (χ1n) is 14.6. The maximum absolute atomic E-state index is 14.6. The first kappa shape index (κ1) is 31.0. The van der Waals surface area contributed by atoms with Crippen LogP contribution in [0.5, 0.6) is 0 Å². The fourth-order valence-corrected chi connectivity index (χ4v) is 5.55. The van der Waals surface area contributed by atoms with Gasteiger partial charge < -0.3 is 29.1 Å². The van der Waals surface area contributed by atoms with Crippen LogP contribution in [0.15, 0.2) is 35.9 Å². The molecule has 4 rings (SSSR count). The summed E-state index contributed by atoms with van der Waals surface area (Å²) in [6.07, 6.45) is 2.62. The normalized spacial score (nSPS) is 31.2. The smallest absolute Gasteiger partial charge is 0.410 e. The maximum atomic E-state index is 14.6. The Labute approximate surface area is 240 Å². The van der Waals surface area contributed by atoms with E-state index >= 15 is 0 Å². The number of carbonyl (C=O) groups is 2. The van der Waals surface area contributed by atoms with Gasteiger partial charge in [-0.15, -0.1) is 0 Å². The number of anilines is 1. The monoisotopic (exact) mass is 576 g/mol. The summed E-state index contributed by atoms with van der Waals surface area (Å²) in [7, 11) is 0. The van der Waals surface area contributed by atoms with E-state index in [9.17, 15) is 23.5 Å². The van der Waals surface area contributed by atoms with Gasteiger partial charge in [0.1, 0.15) is 24.2 Å². The van der Waals surface area contributed by atoms with Gasteiger partial charge in [-0.3, -0.25) is 4.79 Å². The van der Waals surface area contributed by atoms with Gasteiger partial charge >= 0.3 is 12.1 Å². The molecule has 3 aliphatic heterocycles. The minimum Gasteiger partial charge on any atom is -0.457 e. The number of aliphatic hydroxyl groups is 1. The minimum absolute atomic E-state index is 0.0219. The van der Waals surface area contributed by atoms with Crippen molar-refractivity contribution in [1.29, 1.82) is 0 Å². The van der Waals surface area contributed by atoms with E-state index in [1.165, 1.54) is 17.0 Å². The topological polar surface area (TPSA) is 88.5 Å². The van der Waals surface area contributed by atoms with E-state index in [-0.39, 0.29) is 30.6 Å². The van der Waals surface area contributed by atoms with Gasteiger partial charge in [0.2, 0.25) is 0 Å². The summed E-state index contributed by atoms with van der Waals surface area (Å²) in [5.74, 6) is -1.35. The Morgan fingerprint density at radius 3 is 2.56 bits per heavy atom. The second-order valence-corrected chi connectivity index (χ2v) is 11.5. The van der Waals surface area contributed by atoms with E-state index in [1.807, 2.05) is 32.9 Å². The number of carbonyl (C=O) groups excluding carboxylic acids is 2. The zero-order valence-electron chi connectivity index (χ0n) is 24.1. The molecule has 8 nitrogen and oxygen atoms in total. The molecule has 6 atom stereocenters. The van der Waals surface area contributed by atoms with Crippen molar-refractivity contribution in [3.8, 4) is 0 Å². The number of esters is 1. The van der Waals surface area contributed by atoms with Crippen LogP contribution in [0.3, 0.4) is 0 Å². The first-order chi connectivity index (χ1) is 19.6. The number of ether oxygens (including phenoxy) is 3. The van der Waals surface area contributed by atoms with Crippen molar-refractivity contribution in [2.75, 3.05) is 44.3 Å². The van der Waals surface area contributed by atoms with Gasteiger partial charge in [-0.2, -0.15) is 0 Å². The number of likely N-dealkylation sites (tertiary alicyclic amines) is 1. The molecule has 0 aromatic heterocycles. The SMILES string of the molecule is C/C(=C\c1cc(F)cc(N2CCOCC2)c1)[C@H]1OC(=O)C[C@H](O)CC[C@H](C)[C@@H](OC(=O)N2CC[C@@H](F)C2)/C=C/[C@@H]1C. The Kier molecular flexibility index (Phi) is 10.8. The van der Waals surface area contributed by atoms with Crippen LogP contribution in [0, 0.1) is 17.7 Å². The summed E-state index contributed by atoms with van der Waals surface area (Å²) in [5, 5.41) is 10.5. The van der Waals surface area contributed by atoms with Gasteiger partial charge in [0.25, 0.3) is 0 Å². The van der Waals surface area contributed by atoms with Crippen LogP contribution in [0.25, 0.3) is 6.08 Å². The molecule has 0 saturated carbocycles. The third-order valence-electron chi connectivity index (χ3n) is 8.01. The second kappa shape index (κ2) is 14.3. The quantitative estimate of drug-likeness (QED) is 0.403. The predicted molar refractivity (Wildman–Crippen MR) is 152 cm³/mol. The lowest BCUT2D eigenvalue weighted by atomic mass is 9.91. The number of benzene rings is 1. The highest BCUT2D eigenvalue weighted by molar-refractivity contribution is 5.71. The second-order valence-electron chi connectivity index (χ2n) is 11.5. The highest BCUT2D eigenvalue weighted by Gasteiger charge is 2.31.